The first-order valence-corrected chi connectivity index (χ1v) is 9.72. The summed E-state index contributed by atoms with van der Waals surface area (Å²) in [6.07, 6.45) is 3.67. The highest BCUT2D eigenvalue weighted by molar-refractivity contribution is 7.89. The lowest BCUT2D eigenvalue weighted by Crippen LogP contribution is -2.49. The molecule has 3 rings (SSSR count). The van der Waals surface area contributed by atoms with Crippen molar-refractivity contribution in [3.63, 3.8) is 0 Å². The molecule has 1 aliphatic heterocycles. The van der Waals surface area contributed by atoms with Crippen molar-refractivity contribution in [1.29, 1.82) is 0 Å². The smallest absolute Gasteiger partial charge is 0.243 e. The first-order chi connectivity index (χ1) is 12.0. The highest BCUT2D eigenvalue weighted by Crippen LogP contribution is 2.18. The molecule has 0 aliphatic carbocycles. The van der Waals surface area contributed by atoms with E-state index >= 15 is 0 Å². The second-order valence-electron chi connectivity index (χ2n) is 6.10. The predicted octanol–water partition coefficient (Wildman–Crippen LogP) is 1.09. The van der Waals surface area contributed by atoms with Gasteiger partial charge in [-0.15, -0.1) is 0 Å². The minimum absolute atomic E-state index is 0.0743. The molecule has 8 heteroatoms. The highest BCUT2D eigenvalue weighted by atomic mass is 32.2. The third kappa shape index (κ3) is 4.15. The van der Waals surface area contributed by atoms with Gasteiger partial charge in [0.2, 0.25) is 10.0 Å². The lowest BCUT2D eigenvalue weighted by atomic mass is 10.2. The number of rotatable bonds is 6. The maximum Gasteiger partial charge on any atom is 0.243 e. The summed E-state index contributed by atoms with van der Waals surface area (Å²) in [7, 11) is -3.51. The van der Waals surface area contributed by atoms with Gasteiger partial charge in [0.15, 0.2) is 5.78 Å². The Morgan fingerprint density at radius 3 is 2.32 bits per heavy atom. The van der Waals surface area contributed by atoms with Crippen LogP contribution in [0.15, 0.2) is 47.6 Å². The van der Waals surface area contributed by atoms with E-state index in [1.165, 1.54) is 23.4 Å². The van der Waals surface area contributed by atoms with Gasteiger partial charge in [-0.3, -0.25) is 14.4 Å². The molecular weight excluding hydrogens is 340 g/mol. The maximum atomic E-state index is 12.7. The van der Waals surface area contributed by atoms with Crippen LogP contribution in [0.4, 0.5) is 0 Å². The fraction of sp³-hybridized carbons (Fsp3) is 0.412. The van der Waals surface area contributed by atoms with Crippen LogP contribution in [0.1, 0.15) is 17.3 Å². The van der Waals surface area contributed by atoms with Crippen molar-refractivity contribution >= 4 is 15.8 Å². The minimum atomic E-state index is -3.51. The Morgan fingerprint density at radius 2 is 1.76 bits per heavy atom. The molecule has 0 spiro atoms. The van der Waals surface area contributed by atoms with E-state index in [0.717, 1.165) is 13.1 Å². The average molecular weight is 362 g/mol. The second-order valence-corrected chi connectivity index (χ2v) is 8.03. The molecule has 7 nitrogen and oxygen atoms in total. The van der Waals surface area contributed by atoms with E-state index in [9.17, 15) is 13.2 Å². The summed E-state index contributed by atoms with van der Waals surface area (Å²) in [5.74, 6) is -0.0743. The number of hydrogen-bond donors (Lipinski definition) is 0. The molecule has 0 unspecified atom stereocenters. The van der Waals surface area contributed by atoms with Gasteiger partial charge >= 0.3 is 0 Å². The number of carbonyl (C=O) groups excluding carboxylic acids is 1. The molecule has 1 fully saturated rings. The number of sulfonamides is 1. The SMILES string of the molecule is CC(=O)c1ccc(S(=O)(=O)N2CCN(CCn3cccn3)CC2)cc1. The molecule has 25 heavy (non-hydrogen) atoms. The Hall–Kier alpha value is -2.03. The van der Waals surface area contributed by atoms with Gasteiger partial charge in [-0.25, -0.2) is 8.42 Å². The van der Waals surface area contributed by atoms with Gasteiger partial charge in [0.1, 0.15) is 0 Å². The molecular formula is C17H22N4O3S. The summed E-state index contributed by atoms with van der Waals surface area (Å²) in [5, 5.41) is 4.17. The zero-order chi connectivity index (χ0) is 17.9. The van der Waals surface area contributed by atoms with Crippen LogP contribution in [0.3, 0.4) is 0 Å². The molecule has 2 heterocycles. The van der Waals surface area contributed by atoms with Crippen molar-refractivity contribution < 1.29 is 13.2 Å². The summed E-state index contributed by atoms with van der Waals surface area (Å²) < 4.78 is 28.8. The van der Waals surface area contributed by atoms with Crippen LogP contribution in [0.5, 0.6) is 0 Å². The van der Waals surface area contributed by atoms with Gasteiger partial charge in [0, 0.05) is 50.7 Å². The number of piperazine rings is 1. The first kappa shape index (κ1) is 17.8. The fourth-order valence-electron chi connectivity index (χ4n) is 2.88. The van der Waals surface area contributed by atoms with Gasteiger partial charge in [0.25, 0.3) is 0 Å². The highest BCUT2D eigenvalue weighted by Gasteiger charge is 2.28. The van der Waals surface area contributed by atoms with Crippen LogP contribution in [0, 0.1) is 0 Å². The number of aromatic nitrogens is 2. The molecule has 1 aromatic carbocycles. The normalized spacial score (nSPS) is 16.8. The largest absolute Gasteiger partial charge is 0.299 e. The zero-order valence-electron chi connectivity index (χ0n) is 14.2. The number of Topliss-reactive ketones (excluding diaryl/α,β-unsaturated/α-hetero) is 1. The molecule has 0 saturated carbocycles. The van der Waals surface area contributed by atoms with E-state index in [0.29, 0.717) is 31.7 Å². The average Bonchev–Trinajstić information content (AvgIpc) is 3.14. The fourth-order valence-corrected chi connectivity index (χ4v) is 4.30. The van der Waals surface area contributed by atoms with Gasteiger partial charge in [-0.1, -0.05) is 12.1 Å². The van der Waals surface area contributed by atoms with E-state index in [1.54, 1.807) is 18.3 Å². The molecule has 1 aliphatic rings. The Morgan fingerprint density at radius 1 is 1.08 bits per heavy atom. The van der Waals surface area contributed by atoms with Gasteiger partial charge in [0.05, 0.1) is 11.4 Å². The van der Waals surface area contributed by atoms with Crippen LogP contribution >= 0.6 is 0 Å². The molecule has 0 amide bonds. The molecule has 0 atom stereocenters. The van der Waals surface area contributed by atoms with E-state index in [4.69, 9.17) is 0 Å². The van der Waals surface area contributed by atoms with Crippen LogP contribution in [0.25, 0.3) is 0 Å². The molecule has 2 aromatic rings. The number of nitrogens with zero attached hydrogens (tertiary/aromatic N) is 4. The van der Waals surface area contributed by atoms with Gasteiger partial charge in [-0.05, 0) is 25.1 Å². The standard InChI is InChI=1S/C17H22N4O3S/c1-15(22)16-3-5-17(6-4-16)25(23,24)21-13-10-19(11-14-21)9-12-20-8-2-7-18-20/h2-8H,9-14H2,1H3. The van der Waals surface area contributed by atoms with Crippen molar-refractivity contribution in [1.82, 2.24) is 19.0 Å². The topological polar surface area (TPSA) is 75.5 Å². The van der Waals surface area contributed by atoms with Crippen molar-refractivity contribution in [3.05, 3.63) is 48.3 Å². The van der Waals surface area contributed by atoms with E-state index in [2.05, 4.69) is 10.00 Å². The molecule has 0 radical (unpaired) electrons. The molecule has 0 N–H and O–H groups in total. The van der Waals surface area contributed by atoms with Crippen molar-refractivity contribution in [3.8, 4) is 0 Å². The Balaban J connectivity index is 1.58. The number of benzene rings is 1. The summed E-state index contributed by atoms with van der Waals surface area (Å²) in [6.45, 7) is 5.45. The molecule has 1 saturated heterocycles. The number of hydrogen-bond acceptors (Lipinski definition) is 5. The lowest BCUT2D eigenvalue weighted by molar-refractivity contribution is 0.101. The number of ketones is 1. The second kappa shape index (κ2) is 7.47. The van der Waals surface area contributed by atoms with Gasteiger partial charge in [-0.2, -0.15) is 9.40 Å². The minimum Gasteiger partial charge on any atom is -0.299 e. The molecule has 0 bridgehead atoms. The van der Waals surface area contributed by atoms with Gasteiger partial charge < -0.3 is 0 Å². The monoisotopic (exact) mass is 362 g/mol. The summed E-state index contributed by atoms with van der Waals surface area (Å²) in [4.78, 5) is 13.8. The summed E-state index contributed by atoms with van der Waals surface area (Å²) >= 11 is 0. The predicted molar refractivity (Wildman–Crippen MR) is 93.9 cm³/mol. The molecule has 134 valence electrons. The van der Waals surface area contributed by atoms with Crippen molar-refractivity contribution in [2.75, 3.05) is 32.7 Å². The third-order valence-corrected chi connectivity index (χ3v) is 6.35. The van der Waals surface area contributed by atoms with Crippen LogP contribution in [0.2, 0.25) is 0 Å². The Kier molecular flexibility index (Phi) is 5.31. The quantitative estimate of drug-likeness (QED) is 0.719. The van der Waals surface area contributed by atoms with Crippen LogP contribution in [-0.2, 0) is 16.6 Å². The lowest BCUT2D eigenvalue weighted by Gasteiger charge is -2.33. The van der Waals surface area contributed by atoms with Crippen molar-refractivity contribution in [2.24, 2.45) is 0 Å². The van der Waals surface area contributed by atoms with E-state index < -0.39 is 10.0 Å². The van der Waals surface area contributed by atoms with E-state index in [1.807, 2.05) is 16.9 Å². The van der Waals surface area contributed by atoms with Crippen LogP contribution < -0.4 is 0 Å². The number of carbonyl (C=O) groups is 1. The summed E-state index contributed by atoms with van der Waals surface area (Å²) in [5.41, 5.74) is 0.516. The first-order valence-electron chi connectivity index (χ1n) is 8.28. The van der Waals surface area contributed by atoms with E-state index in [-0.39, 0.29) is 10.7 Å². The van der Waals surface area contributed by atoms with Crippen LogP contribution in [-0.4, -0.2) is 65.9 Å². The Labute approximate surface area is 147 Å². The molecule has 1 aromatic heterocycles. The van der Waals surface area contributed by atoms with Crippen molar-refractivity contribution in [2.45, 2.75) is 18.4 Å². The maximum absolute atomic E-state index is 12.7. The Bertz CT molecular complexity index is 808. The third-order valence-electron chi connectivity index (χ3n) is 4.43. The summed E-state index contributed by atoms with van der Waals surface area (Å²) in [6, 6.07) is 8.04. The zero-order valence-corrected chi connectivity index (χ0v) is 15.0.